The van der Waals surface area contributed by atoms with E-state index < -0.39 is 33.4 Å². The normalized spacial score (nSPS) is 35.6. The highest BCUT2D eigenvalue weighted by Crippen LogP contribution is 2.60. The molecule has 0 aromatic carbocycles. The van der Waals surface area contributed by atoms with Gasteiger partial charge in [-0.3, -0.25) is 4.79 Å². The fraction of sp³-hybridized carbons (Fsp3) is 0.938. The first-order valence-corrected chi connectivity index (χ1v) is 10.1. The molecule has 0 N–H and O–H groups in total. The van der Waals surface area contributed by atoms with Gasteiger partial charge in [0.25, 0.3) is 0 Å². The zero-order chi connectivity index (χ0) is 18.5. The predicted octanol–water partition coefficient (Wildman–Crippen LogP) is 3.00. The van der Waals surface area contributed by atoms with Crippen molar-refractivity contribution in [3.8, 4) is 0 Å². The summed E-state index contributed by atoms with van der Waals surface area (Å²) in [5.74, 6) is 1.31. The highest BCUT2D eigenvalue weighted by molar-refractivity contribution is 7.86. The number of hydrogen-bond acceptors (Lipinski definition) is 5. The molecule has 1 unspecified atom stereocenters. The lowest BCUT2D eigenvalue weighted by molar-refractivity contribution is -0.171. The summed E-state index contributed by atoms with van der Waals surface area (Å²) >= 11 is 0. The van der Waals surface area contributed by atoms with E-state index in [1.807, 2.05) is 0 Å². The number of carbonyl (C=O) groups is 1. The Morgan fingerprint density at radius 1 is 1.16 bits per heavy atom. The average Bonchev–Trinajstić information content (AvgIpc) is 2.48. The van der Waals surface area contributed by atoms with Gasteiger partial charge in [-0.1, -0.05) is 0 Å². The summed E-state index contributed by atoms with van der Waals surface area (Å²) in [6.07, 6.45) is 1.67. The first kappa shape index (κ1) is 18.9. The van der Waals surface area contributed by atoms with Crippen molar-refractivity contribution in [3.63, 3.8) is 0 Å². The lowest BCUT2D eigenvalue weighted by Gasteiger charge is -2.55. The standard InChI is InChI=1S/C16H23F3O5S/c17-13(16(18,19)25(21,22)23)2-1-3-24-14(20)15-7-10-4-11(8-15)6-12(5-10)9-15/h10-13H,1-9H2,(H,21,22,23)/p-1. The number of hydrogen-bond donors (Lipinski definition) is 0. The smallest absolute Gasteiger partial charge is 0.364 e. The van der Waals surface area contributed by atoms with Crippen LogP contribution in [-0.2, 0) is 19.6 Å². The Morgan fingerprint density at radius 2 is 1.64 bits per heavy atom. The van der Waals surface area contributed by atoms with E-state index in [1.54, 1.807) is 0 Å². The van der Waals surface area contributed by atoms with Crippen molar-refractivity contribution in [1.82, 2.24) is 0 Å². The highest BCUT2D eigenvalue weighted by Gasteiger charge is 2.55. The van der Waals surface area contributed by atoms with Gasteiger partial charge in [-0.2, -0.15) is 8.78 Å². The van der Waals surface area contributed by atoms with E-state index in [4.69, 9.17) is 4.74 Å². The number of halogens is 3. The van der Waals surface area contributed by atoms with Crippen molar-refractivity contribution in [3.05, 3.63) is 0 Å². The summed E-state index contributed by atoms with van der Waals surface area (Å²) in [7, 11) is -6.05. The van der Waals surface area contributed by atoms with Crippen LogP contribution in [0.2, 0.25) is 0 Å². The minimum atomic E-state index is -6.05. The van der Waals surface area contributed by atoms with Crippen LogP contribution in [0.5, 0.6) is 0 Å². The summed E-state index contributed by atoms with van der Waals surface area (Å²) in [4.78, 5) is 12.5. The monoisotopic (exact) mass is 383 g/mol. The Morgan fingerprint density at radius 3 is 2.08 bits per heavy atom. The van der Waals surface area contributed by atoms with Crippen LogP contribution >= 0.6 is 0 Å². The number of carbonyl (C=O) groups excluding carboxylic acids is 1. The van der Waals surface area contributed by atoms with E-state index in [1.165, 1.54) is 0 Å². The number of rotatable bonds is 7. The van der Waals surface area contributed by atoms with Gasteiger partial charge in [-0.25, -0.2) is 12.8 Å². The zero-order valence-corrected chi connectivity index (χ0v) is 14.6. The Bertz CT molecular complexity index is 598. The molecule has 4 aliphatic rings. The number of ether oxygens (including phenoxy) is 1. The molecular formula is C16H22F3O5S-. The van der Waals surface area contributed by atoms with E-state index in [0.29, 0.717) is 17.8 Å². The second kappa shape index (κ2) is 6.40. The first-order valence-electron chi connectivity index (χ1n) is 8.68. The fourth-order valence-corrected chi connectivity index (χ4v) is 5.70. The largest absolute Gasteiger partial charge is 0.743 e. The maximum atomic E-state index is 13.3. The summed E-state index contributed by atoms with van der Waals surface area (Å²) in [6.45, 7) is -0.254. The van der Waals surface area contributed by atoms with Gasteiger partial charge in [0.1, 0.15) is 0 Å². The van der Waals surface area contributed by atoms with E-state index in [2.05, 4.69) is 0 Å². The van der Waals surface area contributed by atoms with Crippen LogP contribution < -0.4 is 0 Å². The quantitative estimate of drug-likeness (QED) is 0.383. The van der Waals surface area contributed by atoms with Gasteiger partial charge in [0, 0.05) is 0 Å². The first-order chi connectivity index (χ1) is 11.5. The van der Waals surface area contributed by atoms with Crippen molar-refractivity contribution in [1.29, 1.82) is 0 Å². The Balaban J connectivity index is 1.48. The van der Waals surface area contributed by atoms with Crippen molar-refractivity contribution in [2.45, 2.75) is 62.8 Å². The Hall–Kier alpha value is -0.830. The van der Waals surface area contributed by atoms with Gasteiger partial charge >= 0.3 is 11.2 Å². The molecule has 0 aromatic heterocycles. The van der Waals surface area contributed by atoms with Crippen molar-refractivity contribution in [2.24, 2.45) is 23.2 Å². The number of alkyl halides is 3. The Labute approximate surface area is 145 Å². The van der Waals surface area contributed by atoms with Crippen molar-refractivity contribution < 1.29 is 35.7 Å². The molecule has 0 spiro atoms. The molecule has 4 bridgehead atoms. The van der Waals surface area contributed by atoms with Crippen LogP contribution in [0.25, 0.3) is 0 Å². The van der Waals surface area contributed by atoms with Crippen LogP contribution in [-0.4, -0.2) is 37.0 Å². The van der Waals surface area contributed by atoms with Gasteiger partial charge in [-0.15, -0.1) is 0 Å². The molecule has 0 heterocycles. The summed E-state index contributed by atoms with van der Waals surface area (Å²) in [5, 5.41) is -4.96. The maximum absolute atomic E-state index is 13.3. The molecule has 5 nitrogen and oxygen atoms in total. The third-order valence-electron chi connectivity index (χ3n) is 6.00. The molecular weight excluding hydrogens is 361 g/mol. The molecule has 4 rings (SSSR count). The molecule has 4 aliphatic carbocycles. The molecule has 0 aliphatic heterocycles. The molecule has 4 fully saturated rings. The van der Waals surface area contributed by atoms with E-state index >= 15 is 0 Å². The Kier molecular flexibility index (Phi) is 4.85. The summed E-state index contributed by atoms with van der Waals surface area (Å²) < 4.78 is 75.7. The second-order valence-electron chi connectivity index (χ2n) is 7.96. The molecule has 4 saturated carbocycles. The SMILES string of the molecule is O=C(OCCCC(F)C(F)(F)S(=O)(=O)[O-])C12CC3CC(CC(C3)C1)C2. The van der Waals surface area contributed by atoms with E-state index in [0.717, 1.165) is 38.5 Å². The molecule has 0 radical (unpaired) electrons. The van der Waals surface area contributed by atoms with Gasteiger partial charge in [-0.05, 0) is 69.1 Å². The number of esters is 1. The third-order valence-corrected chi connectivity index (χ3v) is 6.93. The molecule has 144 valence electrons. The fourth-order valence-electron chi connectivity index (χ4n) is 5.27. The van der Waals surface area contributed by atoms with Crippen molar-refractivity contribution in [2.75, 3.05) is 6.61 Å². The molecule has 25 heavy (non-hydrogen) atoms. The van der Waals surface area contributed by atoms with Gasteiger partial charge in [0.05, 0.1) is 12.0 Å². The molecule has 0 saturated heterocycles. The lowest BCUT2D eigenvalue weighted by Crippen LogP contribution is -2.50. The average molecular weight is 383 g/mol. The maximum Gasteiger partial charge on any atom is 0.364 e. The zero-order valence-electron chi connectivity index (χ0n) is 13.8. The molecule has 0 amide bonds. The molecule has 1 atom stereocenters. The van der Waals surface area contributed by atoms with Crippen LogP contribution in [0, 0.1) is 23.2 Å². The third kappa shape index (κ3) is 3.54. The van der Waals surface area contributed by atoms with Gasteiger partial charge in [0.2, 0.25) is 0 Å². The highest BCUT2D eigenvalue weighted by atomic mass is 32.2. The summed E-state index contributed by atoms with van der Waals surface area (Å²) in [5.41, 5.74) is -0.480. The predicted molar refractivity (Wildman–Crippen MR) is 80.3 cm³/mol. The van der Waals surface area contributed by atoms with Crippen LogP contribution in [0.1, 0.15) is 51.4 Å². The van der Waals surface area contributed by atoms with Gasteiger partial charge < -0.3 is 9.29 Å². The van der Waals surface area contributed by atoms with Crippen LogP contribution in [0.3, 0.4) is 0 Å². The summed E-state index contributed by atoms with van der Waals surface area (Å²) in [6, 6.07) is 0. The van der Waals surface area contributed by atoms with Crippen LogP contribution in [0.15, 0.2) is 0 Å². The minimum Gasteiger partial charge on any atom is -0.743 e. The second-order valence-corrected chi connectivity index (χ2v) is 9.41. The lowest BCUT2D eigenvalue weighted by atomic mass is 9.49. The topological polar surface area (TPSA) is 83.5 Å². The van der Waals surface area contributed by atoms with E-state index in [9.17, 15) is 30.9 Å². The van der Waals surface area contributed by atoms with Crippen molar-refractivity contribution >= 4 is 16.1 Å². The molecule has 9 heteroatoms. The minimum absolute atomic E-state index is 0.254. The van der Waals surface area contributed by atoms with Gasteiger partial charge in [0.15, 0.2) is 16.3 Å². The van der Waals surface area contributed by atoms with E-state index in [-0.39, 0.29) is 19.0 Å². The molecule has 0 aromatic rings. The van der Waals surface area contributed by atoms with Crippen LogP contribution in [0.4, 0.5) is 13.2 Å².